The van der Waals surface area contributed by atoms with Gasteiger partial charge in [0.05, 0.1) is 12.2 Å². The third kappa shape index (κ3) is 5.46. The van der Waals surface area contributed by atoms with Gasteiger partial charge in [0.2, 0.25) is 0 Å². The third-order valence-electron chi connectivity index (χ3n) is 4.57. The van der Waals surface area contributed by atoms with E-state index in [1.807, 2.05) is 0 Å². The molecule has 0 saturated carbocycles. The molecule has 1 aliphatic heterocycles. The number of hydrogen-bond acceptors (Lipinski definition) is 5. The molecule has 2 atom stereocenters. The number of carboxylic acid groups (broad SMARTS) is 1. The quantitative estimate of drug-likeness (QED) is 0.459. The van der Waals surface area contributed by atoms with Gasteiger partial charge in [0.1, 0.15) is 6.61 Å². The molecule has 2 rings (SSSR count). The maximum Gasteiger partial charge on any atom is 0.350 e. The van der Waals surface area contributed by atoms with E-state index in [2.05, 4.69) is 37.8 Å². The highest BCUT2D eigenvalue weighted by Gasteiger charge is 2.25. The van der Waals surface area contributed by atoms with E-state index in [-0.39, 0.29) is 12.2 Å². The summed E-state index contributed by atoms with van der Waals surface area (Å²) in [7, 11) is 0. The number of nitrogens with zero attached hydrogens (tertiary/aromatic N) is 2. The first-order valence-electron chi connectivity index (χ1n) is 8.46. The van der Waals surface area contributed by atoms with Crippen molar-refractivity contribution in [3.05, 3.63) is 22.3 Å². The zero-order valence-corrected chi connectivity index (χ0v) is 15.0. The second kappa shape index (κ2) is 8.44. The first-order chi connectivity index (χ1) is 11.3. The van der Waals surface area contributed by atoms with E-state index in [0.717, 1.165) is 38.7 Å². The Kier molecular flexibility index (Phi) is 6.57. The van der Waals surface area contributed by atoms with Crippen molar-refractivity contribution in [1.82, 2.24) is 4.90 Å². The zero-order chi connectivity index (χ0) is 17.7. The minimum atomic E-state index is -1.10. The lowest BCUT2D eigenvalue weighted by molar-refractivity contribution is -0.129. The second-order valence-electron chi connectivity index (χ2n) is 6.92. The minimum Gasteiger partial charge on any atom is -0.477 e. The number of hydrogen-bond donors (Lipinski definition) is 1. The van der Waals surface area contributed by atoms with Crippen molar-refractivity contribution in [3.63, 3.8) is 0 Å². The second-order valence-corrected chi connectivity index (χ2v) is 6.92. The van der Waals surface area contributed by atoms with Crippen molar-refractivity contribution in [2.24, 2.45) is 5.16 Å². The molecule has 2 unspecified atom stereocenters. The lowest BCUT2D eigenvalue weighted by Gasteiger charge is -2.37. The summed E-state index contributed by atoms with van der Waals surface area (Å²) in [5.41, 5.74) is 5.36. The van der Waals surface area contributed by atoms with Gasteiger partial charge >= 0.3 is 5.97 Å². The molecule has 0 amide bonds. The van der Waals surface area contributed by atoms with E-state index in [0.29, 0.717) is 6.61 Å². The average Bonchev–Trinajstić information content (AvgIpc) is 2.47. The van der Waals surface area contributed by atoms with Crippen LogP contribution in [0.15, 0.2) is 27.4 Å². The lowest BCUT2D eigenvalue weighted by Crippen LogP contribution is -2.46. The van der Waals surface area contributed by atoms with Crippen molar-refractivity contribution >= 4 is 12.2 Å². The number of ether oxygens (including phenoxy) is 1. The molecule has 1 heterocycles. The lowest BCUT2D eigenvalue weighted by atomic mass is 9.87. The minimum absolute atomic E-state index is 0.246. The molecule has 1 N–H and O–H groups in total. The molecule has 0 aromatic rings. The number of allylic oxidation sites excluding steroid dienone is 2. The molecule has 6 heteroatoms. The van der Waals surface area contributed by atoms with Gasteiger partial charge in [0.25, 0.3) is 0 Å². The van der Waals surface area contributed by atoms with Crippen LogP contribution >= 0.6 is 0 Å². The van der Waals surface area contributed by atoms with Crippen LogP contribution in [0.3, 0.4) is 0 Å². The zero-order valence-electron chi connectivity index (χ0n) is 15.0. The monoisotopic (exact) mass is 336 g/mol. The fourth-order valence-electron chi connectivity index (χ4n) is 3.39. The summed E-state index contributed by atoms with van der Waals surface area (Å²) in [4.78, 5) is 18.1. The van der Waals surface area contributed by atoms with Gasteiger partial charge < -0.3 is 14.7 Å². The van der Waals surface area contributed by atoms with Gasteiger partial charge in [-0.1, -0.05) is 16.3 Å². The van der Waals surface area contributed by atoms with E-state index in [4.69, 9.17) is 14.7 Å². The molecule has 2 aliphatic rings. The van der Waals surface area contributed by atoms with Crippen molar-refractivity contribution in [3.8, 4) is 0 Å². The fourth-order valence-corrected chi connectivity index (χ4v) is 3.39. The molecular weight excluding hydrogens is 308 g/mol. The SMILES string of the molecule is CC1=C(C)CC(CN2CC(C)OC(C)C2)=C(CO/N=C\C(=O)O)C1. The first kappa shape index (κ1) is 18.7. The Balaban J connectivity index is 2.04. The molecule has 134 valence electrons. The normalized spacial score (nSPS) is 26.3. The van der Waals surface area contributed by atoms with Gasteiger partial charge in [0, 0.05) is 19.6 Å². The van der Waals surface area contributed by atoms with Crippen LogP contribution in [0.4, 0.5) is 0 Å². The molecule has 0 aromatic heterocycles. The van der Waals surface area contributed by atoms with Gasteiger partial charge in [-0.2, -0.15) is 0 Å². The maximum absolute atomic E-state index is 10.5. The number of morpholine rings is 1. The molecule has 0 radical (unpaired) electrons. The standard InChI is InChI=1S/C18H28N2O4/c1-12-5-16(10-20-8-14(3)24-15(4)9-20)17(6-13(12)2)11-23-19-7-18(21)22/h7,14-15H,5-6,8-11H2,1-4H3,(H,21,22)/b19-7-. The Morgan fingerprint density at radius 3 is 2.42 bits per heavy atom. The van der Waals surface area contributed by atoms with Crippen molar-refractivity contribution < 1.29 is 19.5 Å². The van der Waals surface area contributed by atoms with E-state index in [9.17, 15) is 4.79 Å². The number of aliphatic carboxylic acids is 1. The Morgan fingerprint density at radius 1 is 1.25 bits per heavy atom. The van der Waals surface area contributed by atoms with Crippen LogP contribution in [0.25, 0.3) is 0 Å². The molecule has 1 saturated heterocycles. The van der Waals surface area contributed by atoms with Crippen LogP contribution in [-0.2, 0) is 14.4 Å². The van der Waals surface area contributed by atoms with Crippen LogP contribution in [0, 0.1) is 0 Å². The predicted octanol–water partition coefficient (Wildman–Crippen LogP) is 2.61. The van der Waals surface area contributed by atoms with E-state index >= 15 is 0 Å². The molecule has 0 aromatic carbocycles. The summed E-state index contributed by atoms with van der Waals surface area (Å²) in [6.07, 6.45) is 3.10. The Morgan fingerprint density at radius 2 is 1.83 bits per heavy atom. The Hall–Kier alpha value is -1.66. The fraction of sp³-hybridized carbons (Fsp3) is 0.667. The molecule has 6 nitrogen and oxygen atoms in total. The van der Waals surface area contributed by atoms with E-state index < -0.39 is 5.97 Å². The molecule has 0 bridgehead atoms. The van der Waals surface area contributed by atoms with Crippen LogP contribution < -0.4 is 0 Å². The maximum atomic E-state index is 10.5. The highest BCUT2D eigenvalue weighted by molar-refractivity contribution is 6.21. The molecular formula is C18H28N2O4. The number of rotatable bonds is 6. The third-order valence-corrected chi connectivity index (χ3v) is 4.57. The first-order valence-corrected chi connectivity index (χ1v) is 8.46. The van der Waals surface area contributed by atoms with Crippen LogP contribution in [0.1, 0.15) is 40.5 Å². The van der Waals surface area contributed by atoms with Crippen molar-refractivity contribution in [2.75, 3.05) is 26.2 Å². The molecule has 24 heavy (non-hydrogen) atoms. The summed E-state index contributed by atoms with van der Waals surface area (Å²) >= 11 is 0. The summed E-state index contributed by atoms with van der Waals surface area (Å²) < 4.78 is 5.81. The van der Waals surface area contributed by atoms with Gasteiger partial charge in [-0.05, 0) is 51.7 Å². The number of oxime groups is 1. The van der Waals surface area contributed by atoms with Crippen LogP contribution in [-0.4, -0.2) is 60.6 Å². The van der Waals surface area contributed by atoms with Gasteiger partial charge in [0.15, 0.2) is 6.21 Å². The largest absolute Gasteiger partial charge is 0.477 e. The number of carboxylic acids is 1. The Bertz CT molecular complexity index is 555. The van der Waals surface area contributed by atoms with E-state index in [1.165, 1.54) is 22.3 Å². The summed E-state index contributed by atoms with van der Waals surface area (Å²) in [5.74, 6) is -1.10. The summed E-state index contributed by atoms with van der Waals surface area (Å²) in [5, 5.41) is 12.1. The average molecular weight is 336 g/mol. The summed E-state index contributed by atoms with van der Waals surface area (Å²) in [6, 6.07) is 0. The van der Waals surface area contributed by atoms with Crippen molar-refractivity contribution in [2.45, 2.75) is 52.7 Å². The summed E-state index contributed by atoms with van der Waals surface area (Å²) in [6.45, 7) is 11.7. The highest BCUT2D eigenvalue weighted by Crippen LogP contribution is 2.31. The topological polar surface area (TPSA) is 71.4 Å². The van der Waals surface area contributed by atoms with Crippen molar-refractivity contribution in [1.29, 1.82) is 0 Å². The van der Waals surface area contributed by atoms with Crippen LogP contribution in [0.5, 0.6) is 0 Å². The van der Waals surface area contributed by atoms with Gasteiger partial charge in [-0.25, -0.2) is 4.79 Å². The highest BCUT2D eigenvalue weighted by atomic mass is 16.6. The van der Waals surface area contributed by atoms with Gasteiger partial charge in [-0.15, -0.1) is 0 Å². The Labute approximate surface area is 143 Å². The molecule has 1 fully saturated rings. The predicted molar refractivity (Wildman–Crippen MR) is 93.2 cm³/mol. The molecule has 0 spiro atoms. The van der Waals surface area contributed by atoms with E-state index in [1.54, 1.807) is 0 Å². The van der Waals surface area contributed by atoms with Gasteiger partial charge in [-0.3, -0.25) is 4.90 Å². The van der Waals surface area contributed by atoms with Crippen LogP contribution in [0.2, 0.25) is 0 Å². The molecule has 1 aliphatic carbocycles. The number of carbonyl (C=O) groups is 1. The smallest absolute Gasteiger partial charge is 0.350 e.